The fourth-order valence-corrected chi connectivity index (χ4v) is 2.45. The van der Waals surface area contributed by atoms with E-state index in [4.69, 9.17) is 17.0 Å². The Hall–Kier alpha value is -2.87. The third-order valence-electron chi connectivity index (χ3n) is 3.77. The van der Waals surface area contributed by atoms with Crippen LogP contribution in [0.25, 0.3) is 10.8 Å². The normalized spacial score (nSPS) is 11.3. The maximum Gasteiger partial charge on any atom is 0.305 e. The van der Waals surface area contributed by atoms with Crippen molar-refractivity contribution in [1.82, 2.24) is 16.2 Å². The Bertz CT molecular complexity index is 812. The summed E-state index contributed by atoms with van der Waals surface area (Å²) < 4.78 is 10.2. The van der Waals surface area contributed by atoms with Gasteiger partial charge in [0, 0.05) is 13.0 Å². The molecule has 2 aromatic rings. The molecule has 1 atom stereocenters. The second-order valence-corrected chi connectivity index (χ2v) is 6.23. The van der Waals surface area contributed by atoms with E-state index in [-0.39, 0.29) is 17.0 Å². The SMILES string of the molecule is COC(=O)CCCNC(=S)NNC(=O)[C@H](C)Oc1ccc2ccccc2c1. The molecule has 0 heterocycles. The molecule has 8 heteroatoms. The lowest BCUT2D eigenvalue weighted by Gasteiger charge is -2.16. The lowest BCUT2D eigenvalue weighted by molar-refractivity contribution is -0.140. The molecule has 0 fully saturated rings. The van der Waals surface area contributed by atoms with Gasteiger partial charge in [0.2, 0.25) is 0 Å². The minimum Gasteiger partial charge on any atom is -0.481 e. The third kappa shape index (κ3) is 6.74. The largest absolute Gasteiger partial charge is 0.481 e. The van der Waals surface area contributed by atoms with Crippen LogP contribution in [0.2, 0.25) is 0 Å². The van der Waals surface area contributed by atoms with E-state index in [9.17, 15) is 9.59 Å². The fourth-order valence-electron chi connectivity index (χ4n) is 2.30. The van der Waals surface area contributed by atoms with Crippen LogP contribution in [-0.2, 0) is 14.3 Å². The maximum absolute atomic E-state index is 12.1. The summed E-state index contributed by atoms with van der Waals surface area (Å²) in [7, 11) is 1.35. The average Bonchev–Trinajstić information content (AvgIpc) is 2.68. The van der Waals surface area contributed by atoms with Gasteiger partial charge in [0.1, 0.15) is 5.75 Å². The smallest absolute Gasteiger partial charge is 0.305 e. The van der Waals surface area contributed by atoms with Crippen LogP contribution in [0.15, 0.2) is 42.5 Å². The number of thiocarbonyl (C=S) groups is 1. The summed E-state index contributed by atoms with van der Waals surface area (Å²) in [5.41, 5.74) is 5.10. The monoisotopic (exact) mass is 389 g/mol. The number of esters is 1. The Morgan fingerprint density at radius 3 is 2.59 bits per heavy atom. The molecule has 2 aromatic carbocycles. The van der Waals surface area contributed by atoms with Crippen molar-refractivity contribution in [3.05, 3.63) is 42.5 Å². The van der Waals surface area contributed by atoms with Gasteiger partial charge in [-0.25, -0.2) is 0 Å². The molecule has 0 aromatic heterocycles. The Morgan fingerprint density at radius 2 is 1.85 bits per heavy atom. The van der Waals surface area contributed by atoms with E-state index >= 15 is 0 Å². The van der Waals surface area contributed by atoms with E-state index in [2.05, 4.69) is 20.9 Å². The zero-order valence-corrected chi connectivity index (χ0v) is 16.1. The van der Waals surface area contributed by atoms with Gasteiger partial charge in [-0.2, -0.15) is 0 Å². The van der Waals surface area contributed by atoms with E-state index in [0.29, 0.717) is 25.1 Å². The zero-order valence-electron chi connectivity index (χ0n) is 15.3. The summed E-state index contributed by atoms with van der Waals surface area (Å²) in [6.07, 6.45) is 0.166. The highest BCUT2D eigenvalue weighted by Gasteiger charge is 2.15. The number of carbonyl (C=O) groups is 2. The Balaban J connectivity index is 1.73. The molecular formula is C19H23N3O4S. The van der Waals surface area contributed by atoms with Crippen LogP contribution in [-0.4, -0.2) is 36.7 Å². The van der Waals surface area contributed by atoms with Crippen LogP contribution in [0, 0.1) is 0 Å². The predicted octanol–water partition coefficient (Wildman–Crippen LogP) is 2.06. The molecule has 0 bridgehead atoms. The molecule has 1 amide bonds. The highest BCUT2D eigenvalue weighted by Crippen LogP contribution is 2.21. The molecular weight excluding hydrogens is 366 g/mol. The van der Waals surface area contributed by atoms with Gasteiger partial charge in [-0.1, -0.05) is 30.3 Å². The van der Waals surface area contributed by atoms with E-state index in [1.807, 2.05) is 42.5 Å². The lowest BCUT2D eigenvalue weighted by Crippen LogP contribution is -2.50. The highest BCUT2D eigenvalue weighted by atomic mass is 32.1. The first-order valence-corrected chi connectivity index (χ1v) is 8.96. The van der Waals surface area contributed by atoms with Gasteiger partial charge in [-0.05, 0) is 48.5 Å². The summed E-state index contributed by atoms with van der Waals surface area (Å²) in [5.74, 6) is -0.0228. The number of fused-ring (bicyclic) bond motifs is 1. The average molecular weight is 389 g/mol. The van der Waals surface area contributed by atoms with Gasteiger partial charge in [0.15, 0.2) is 11.2 Å². The van der Waals surface area contributed by atoms with Gasteiger partial charge >= 0.3 is 5.97 Å². The fraction of sp³-hybridized carbons (Fsp3) is 0.316. The van der Waals surface area contributed by atoms with Crippen molar-refractivity contribution in [2.75, 3.05) is 13.7 Å². The van der Waals surface area contributed by atoms with Crippen LogP contribution in [0.1, 0.15) is 19.8 Å². The van der Waals surface area contributed by atoms with Crippen molar-refractivity contribution in [3.63, 3.8) is 0 Å². The topological polar surface area (TPSA) is 88.7 Å². The Labute approximate surface area is 163 Å². The number of rotatable bonds is 7. The van der Waals surface area contributed by atoms with E-state index in [0.717, 1.165) is 10.8 Å². The minimum absolute atomic E-state index is 0.256. The molecule has 144 valence electrons. The number of benzene rings is 2. The van der Waals surface area contributed by atoms with Crippen LogP contribution >= 0.6 is 12.2 Å². The Kier molecular flexibility index (Phi) is 7.81. The quantitative estimate of drug-likeness (QED) is 0.289. The van der Waals surface area contributed by atoms with Crippen LogP contribution in [0.5, 0.6) is 5.75 Å². The van der Waals surface area contributed by atoms with Crippen LogP contribution in [0.4, 0.5) is 0 Å². The number of hydrazine groups is 1. The van der Waals surface area contributed by atoms with Gasteiger partial charge < -0.3 is 14.8 Å². The summed E-state index contributed by atoms with van der Waals surface area (Å²) in [4.78, 5) is 23.1. The molecule has 7 nitrogen and oxygen atoms in total. The number of carbonyl (C=O) groups excluding carboxylic acids is 2. The molecule has 0 radical (unpaired) electrons. The maximum atomic E-state index is 12.1. The number of methoxy groups -OCH3 is 1. The summed E-state index contributed by atoms with van der Waals surface area (Å²) >= 11 is 5.06. The van der Waals surface area contributed by atoms with Gasteiger partial charge in [0.25, 0.3) is 5.91 Å². The molecule has 0 unspecified atom stereocenters. The van der Waals surface area contributed by atoms with Gasteiger partial charge in [-0.15, -0.1) is 0 Å². The standard InChI is InChI=1S/C19H23N3O4S/c1-13(26-16-10-9-14-6-3-4-7-15(14)12-16)18(24)21-22-19(27)20-11-5-8-17(23)25-2/h3-4,6-7,9-10,12-13H,5,8,11H2,1-2H3,(H,21,24)(H2,20,22,27)/t13-/m0/s1. The Morgan fingerprint density at radius 1 is 1.11 bits per heavy atom. The first kappa shape index (κ1) is 20.4. The molecule has 0 aliphatic heterocycles. The van der Waals surface area contributed by atoms with Crippen molar-refractivity contribution in [2.45, 2.75) is 25.9 Å². The first-order chi connectivity index (χ1) is 13.0. The number of hydrogen-bond donors (Lipinski definition) is 3. The first-order valence-electron chi connectivity index (χ1n) is 8.55. The molecule has 27 heavy (non-hydrogen) atoms. The minimum atomic E-state index is -0.708. The van der Waals surface area contributed by atoms with Crippen molar-refractivity contribution < 1.29 is 19.1 Å². The van der Waals surface area contributed by atoms with E-state index < -0.39 is 6.10 Å². The van der Waals surface area contributed by atoms with Crippen LogP contribution < -0.4 is 20.9 Å². The molecule has 0 saturated carbocycles. The van der Waals surface area contributed by atoms with E-state index in [1.165, 1.54) is 7.11 Å². The van der Waals surface area contributed by atoms with Crippen molar-refractivity contribution in [1.29, 1.82) is 0 Å². The van der Waals surface area contributed by atoms with Crippen molar-refractivity contribution in [2.24, 2.45) is 0 Å². The second-order valence-electron chi connectivity index (χ2n) is 5.82. The van der Waals surface area contributed by atoms with E-state index in [1.54, 1.807) is 6.92 Å². The molecule has 0 spiro atoms. The third-order valence-corrected chi connectivity index (χ3v) is 4.02. The summed E-state index contributed by atoms with van der Waals surface area (Å²) in [6.45, 7) is 2.14. The van der Waals surface area contributed by atoms with Crippen LogP contribution in [0.3, 0.4) is 0 Å². The number of ether oxygens (including phenoxy) is 2. The summed E-state index contributed by atoms with van der Waals surface area (Å²) in [6, 6.07) is 13.6. The zero-order chi connectivity index (χ0) is 19.6. The molecule has 0 aliphatic rings. The van der Waals surface area contributed by atoms with Gasteiger partial charge in [-0.3, -0.25) is 20.4 Å². The second kappa shape index (κ2) is 10.3. The highest BCUT2D eigenvalue weighted by molar-refractivity contribution is 7.80. The van der Waals surface area contributed by atoms with Gasteiger partial charge in [0.05, 0.1) is 7.11 Å². The number of nitrogens with one attached hydrogen (secondary N) is 3. The predicted molar refractivity (Wildman–Crippen MR) is 107 cm³/mol. The molecule has 2 rings (SSSR count). The molecule has 0 aliphatic carbocycles. The van der Waals surface area contributed by atoms with Crippen molar-refractivity contribution >= 4 is 40.0 Å². The molecule has 0 saturated heterocycles. The molecule has 3 N–H and O–H groups in total. The lowest BCUT2D eigenvalue weighted by atomic mass is 10.1. The van der Waals surface area contributed by atoms with Crippen molar-refractivity contribution in [3.8, 4) is 5.75 Å². The summed E-state index contributed by atoms with van der Waals surface area (Å²) in [5, 5.41) is 5.28. The number of hydrogen-bond acceptors (Lipinski definition) is 5. The number of amides is 1.